The second kappa shape index (κ2) is 9.69. The van der Waals surface area contributed by atoms with E-state index in [-0.39, 0.29) is 30.7 Å². The second-order valence-corrected chi connectivity index (χ2v) is 7.53. The smallest absolute Gasteiger partial charge is 0.309 e. The molecule has 0 aliphatic carbocycles. The van der Waals surface area contributed by atoms with Crippen molar-refractivity contribution in [2.45, 2.75) is 26.7 Å². The van der Waals surface area contributed by atoms with Crippen molar-refractivity contribution in [2.75, 3.05) is 26.3 Å². The van der Waals surface area contributed by atoms with E-state index >= 15 is 0 Å². The van der Waals surface area contributed by atoms with Crippen LogP contribution in [0.15, 0.2) is 36.4 Å². The molecule has 2 aromatic rings. The van der Waals surface area contributed by atoms with Crippen molar-refractivity contribution in [2.24, 2.45) is 5.92 Å². The molecule has 3 rings (SSSR count). The van der Waals surface area contributed by atoms with Gasteiger partial charge >= 0.3 is 5.97 Å². The maximum Gasteiger partial charge on any atom is 0.309 e. The van der Waals surface area contributed by atoms with E-state index in [9.17, 15) is 18.4 Å². The summed E-state index contributed by atoms with van der Waals surface area (Å²) in [5.41, 5.74) is 2.04. The van der Waals surface area contributed by atoms with Gasteiger partial charge in [0.2, 0.25) is 0 Å². The molecule has 7 heteroatoms. The Balaban J connectivity index is 1.42. The van der Waals surface area contributed by atoms with Crippen molar-refractivity contribution in [1.29, 1.82) is 0 Å². The Morgan fingerprint density at radius 3 is 2.30 bits per heavy atom. The topological polar surface area (TPSA) is 55.8 Å². The van der Waals surface area contributed by atoms with Crippen molar-refractivity contribution in [3.05, 3.63) is 64.7 Å². The molecular weight excluding hydrogens is 392 g/mol. The first-order valence-electron chi connectivity index (χ1n) is 9.95. The van der Waals surface area contributed by atoms with Crippen molar-refractivity contribution in [3.8, 4) is 5.75 Å². The Bertz CT molecular complexity index is 903. The lowest BCUT2D eigenvalue weighted by molar-refractivity contribution is -0.150. The molecule has 30 heavy (non-hydrogen) atoms. The molecule has 160 valence electrons. The van der Waals surface area contributed by atoms with E-state index in [2.05, 4.69) is 6.07 Å². The third kappa shape index (κ3) is 5.55. The molecule has 0 N–H and O–H groups in total. The third-order valence-corrected chi connectivity index (χ3v) is 5.07. The monoisotopic (exact) mass is 417 g/mol. The molecule has 1 fully saturated rings. The van der Waals surface area contributed by atoms with Crippen molar-refractivity contribution >= 4 is 11.9 Å². The van der Waals surface area contributed by atoms with Crippen LogP contribution >= 0.6 is 0 Å². The van der Waals surface area contributed by atoms with Gasteiger partial charge in [0.25, 0.3) is 5.91 Å². The first-order chi connectivity index (χ1) is 14.3. The normalized spacial score (nSPS) is 14.5. The number of hydrogen-bond donors (Lipinski definition) is 0. The van der Waals surface area contributed by atoms with E-state index in [1.165, 1.54) is 4.90 Å². The minimum atomic E-state index is -0.884. The fraction of sp³-hybridized carbons (Fsp3) is 0.391. The molecule has 0 aromatic heterocycles. The average Bonchev–Trinajstić information content (AvgIpc) is 2.70. The lowest BCUT2D eigenvalue weighted by Crippen LogP contribution is -2.41. The lowest BCUT2D eigenvalue weighted by atomic mass is 9.96. The molecule has 1 amide bonds. The molecular formula is C23H25F2NO4. The largest absolute Gasteiger partial charge is 0.490 e. The molecule has 5 nitrogen and oxygen atoms in total. The number of hydrogen-bond acceptors (Lipinski definition) is 4. The summed E-state index contributed by atoms with van der Waals surface area (Å²) < 4.78 is 37.8. The summed E-state index contributed by atoms with van der Waals surface area (Å²) in [6, 6.07) is 8.78. The van der Waals surface area contributed by atoms with Crippen LogP contribution in [0.2, 0.25) is 0 Å². The highest BCUT2D eigenvalue weighted by Gasteiger charge is 2.29. The molecule has 2 aromatic carbocycles. The lowest BCUT2D eigenvalue weighted by Gasteiger charge is -2.31. The molecule has 0 bridgehead atoms. The molecule has 0 spiro atoms. The fourth-order valence-corrected chi connectivity index (χ4v) is 3.59. The van der Waals surface area contributed by atoms with E-state index in [1.807, 2.05) is 26.0 Å². The quantitative estimate of drug-likeness (QED) is 0.526. The van der Waals surface area contributed by atoms with Gasteiger partial charge in [-0.1, -0.05) is 6.07 Å². The SMILES string of the molecule is Cc1cc(C)cc(OCCOC(=O)C2CCN(C(=O)c3ccc(F)cc3F)CC2)c1. The molecule has 0 unspecified atom stereocenters. The Labute approximate surface area is 174 Å². The predicted octanol–water partition coefficient (Wildman–Crippen LogP) is 4.06. The predicted molar refractivity (Wildman–Crippen MR) is 107 cm³/mol. The summed E-state index contributed by atoms with van der Waals surface area (Å²) in [6.07, 6.45) is 0.872. The standard InChI is InChI=1S/C23H25F2NO4/c1-15-11-16(2)13-19(12-15)29-9-10-30-23(28)17-5-7-26(8-6-17)22(27)20-4-3-18(24)14-21(20)25/h3-4,11-14,17H,5-10H2,1-2H3. The number of rotatable bonds is 6. The van der Waals surface area contributed by atoms with E-state index < -0.39 is 17.5 Å². The first-order valence-corrected chi connectivity index (χ1v) is 9.95. The Kier molecular flexibility index (Phi) is 7.03. The highest BCUT2D eigenvalue weighted by atomic mass is 19.1. The van der Waals surface area contributed by atoms with Crippen molar-refractivity contribution in [3.63, 3.8) is 0 Å². The van der Waals surface area contributed by atoms with Gasteiger partial charge in [0.05, 0.1) is 11.5 Å². The maximum absolute atomic E-state index is 13.8. The highest BCUT2D eigenvalue weighted by Crippen LogP contribution is 2.22. The molecule has 1 aliphatic heterocycles. The first kappa shape index (κ1) is 21.7. The number of benzene rings is 2. The van der Waals surface area contributed by atoms with Crippen LogP contribution in [0.5, 0.6) is 5.75 Å². The number of nitrogens with zero attached hydrogens (tertiary/aromatic N) is 1. The van der Waals surface area contributed by atoms with Gasteiger partial charge in [-0.05, 0) is 62.1 Å². The van der Waals surface area contributed by atoms with Gasteiger partial charge in [-0.25, -0.2) is 8.78 Å². The molecule has 1 saturated heterocycles. The van der Waals surface area contributed by atoms with Crippen LogP contribution in [-0.2, 0) is 9.53 Å². The van der Waals surface area contributed by atoms with E-state index in [4.69, 9.17) is 9.47 Å². The minimum absolute atomic E-state index is 0.145. The fourth-order valence-electron chi connectivity index (χ4n) is 3.59. The number of amides is 1. The van der Waals surface area contributed by atoms with Gasteiger partial charge in [0.1, 0.15) is 30.6 Å². The van der Waals surface area contributed by atoms with Crippen LogP contribution < -0.4 is 4.74 Å². The number of carbonyl (C=O) groups is 2. The zero-order valence-electron chi connectivity index (χ0n) is 17.1. The minimum Gasteiger partial charge on any atom is -0.490 e. The molecule has 0 radical (unpaired) electrons. The molecule has 0 saturated carbocycles. The summed E-state index contributed by atoms with van der Waals surface area (Å²) >= 11 is 0. The van der Waals surface area contributed by atoms with E-state index in [0.29, 0.717) is 32.0 Å². The van der Waals surface area contributed by atoms with E-state index in [0.717, 1.165) is 29.0 Å². The maximum atomic E-state index is 13.8. The Morgan fingerprint density at radius 2 is 1.67 bits per heavy atom. The summed E-state index contributed by atoms with van der Waals surface area (Å²) in [5, 5.41) is 0. The van der Waals surface area contributed by atoms with Gasteiger partial charge in [0.15, 0.2) is 0 Å². The van der Waals surface area contributed by atoms with Gasteiger partial charge in [-0.15, -0.1) is 0 Å². The van der Waals surface area contributed by atoms with Crippen molar-refractivity contribution < 1.29 is 27.8 Å². The van der Waals surface area contributed by atoms with E-state index in [1.54, 1.807) is 0 Å². The number of likely N-dealkylation sites (tertiary alicyclic amines) is 1. The van der Waals surface area contributed by atoms with Gasteiger partial charge in [-0.3, -0.25) is 9.59 Å². The zero-order valence-corrected chi connectivity index (χ0v) is 17.1. The molecule has 1 heterocycles. The van der Waals surface area contributed by atoms with Crippen LogP contribution in [0.25, 0.3) is 0 Å². The molecule has 1 aliphatic rings. The summed E-state index contributed by atoms with van der Waals surface area (Å²) in [7, 11) is 0. The van der Waals surface area contributed by atoms with Crippen LogP contribution in [0, 0.1) is 31.4 Å². The van der Waals surface area contributed by atoms with Crippen LogP contribution in [0.4, 0.5) is 8.78 Å². The van der Waals surface area contributed by atoms with Crippen LogP contribution in [0.3, 0.4) is 0 Å². The van der Waals surface area contributed by atoms with Crippen LogP contribution in [-0.4, -0.2) is 43.1 Å². The highest BCUT2D eigenvalue weighted by molar-refractivity contribution is 5.94. The number of halogens is 2. The third-order valence-electron chi connectivity index (χ3n) is 5.07. The summed E-state index contributed by atoms with van der Waals surface area (Å²) in [5.74, 6) is -2.01. The zero-order chi connectivity index (χ0) is 21.7. The van der Waals surface area contributed by atoms with Crippen molar-refractivity contribution in [1.82, 2.24) is 4.90 Å². The Morgan fingerprint density at radius 1 is 1.00 bits per heavy atom. The summed E-state index contributed by atoms with van der Waals surface area (Å²) in [6.45, 7) is 5.01. The average molecular weight is 417 g/mol. The van der Waals surface area contributed by atoms with Gasteiger partial charge < -0.3 is 14.4 Å². The van der Waals surface area contributed by atoms with Crippen LogP contribution in [0.1, 0.15) is 34.3 Å². The molecule has 0 atom stereocenters. The van der Waals surface area contributed by atoms with Gasteiger partial charge in [0, 0.05) is 19.2 Å². The number of esters is 1. The number of aryl methyl sites for hydroxylation is 2. The second-order valence-electron chi connectivity index (χ2n) is 7.53. The number of ether oxygens (including phenoxy) is 2. The number of piperidine rings is 1. The Hall–Kier alpha value is -2.96. The number of carbonyl (C=O) groups excluding carboxylic acids is 2. The summed E-state index contributed by atoms with van der Waals surface area (Å²) in [4.78, 5) is 26.2. The van der Waals surface area contributed by atoms with Gasteiger partial charge in [-0.2, -0.15) is 0 Å².